The molecule has 0 aliphatic carbocycles. The van der Waals surface area contributed by atoms with Crippen LogP contribution in [0.1, 0.15) is 53.2 Å². The van der Waals surface area contributed by atoms with Gasteiger partial charge in [-0.15, -0.1) is 0 Å². The summed E-state index contributed by atoms with van der Waals surface area (Å²) in [5.41, 5.74) is 2.62. The fourth-order valence-corrected chi connectivity index (χ4v) is 4.41. The second-order valence-electron chi connectivity index (χ2n) is 8.26. The minimum Gasteiger partial charge on any atom is -0.507 e. The molecule has 31 heavy (non-hydrogen) atoms. The third kappa shape index (κ3) is 4.00. The molecule has 0 aromatic heterocycles. The highest BCUT2D eigenvalue weighted by atomic mass is 16.5. The Balaban J connectivity index is 1.71. The highest BCUT2D eigenvalue weighted by molar-refractivity contribution is 6.16. The molecule has 164 valence electrons. The van der Waals surface area contributed by atoms with Crippen molar-refractivity contribution in [2.24, 2.45) is 0 Å². The van der Waals surface area contributed by atoms with Crippen LogP contribution in [0.25, 0.3) is 6.08 Å². The molecule has 0 radical (unpaired) electrons. The number of aromatic hydroxyl groups is 1. The smallest absolute Gasteiger partial charge is 0.232 e. The van der Waals surface area contributed by atoms with E-state index in [2.05, 4.69) is 11.8 Å². The maximum absolute atomic E-state index is 13.2. The summed E-state index contributed by atoms with van der Waals surface area (Å²) in [6.07, 6.45) is 5.18. The molecule has 2 aromatic rings. The van der Waals surface area contributed by atoms with Crippen LogP contribution in [-0.4, -0.2) is 42.6 Å². The van der Waals surface area contributed by atoms with Crippen LogP contribution in [0.3, 0.4) is 0 Å². The van der Waals surface area contributed by atoms with Gasteiger partial charge in [0.2, 0.25) is 5.78 Å². The van der Waals surface area contributed by atoms with Crippen LogP contribution in [0.15, 0.2) is 30.0 Å². The van der Waals surface area contributed by atoms with Gasteiger partial charge in [-0.05, 0) is 63.1 Å². The number of ether oxygens (including phenoxy) is 3. The molecule has 6 nitrogen and oxygen atoms in total. The molecule has 2 aromatic carbocycles. The van der Waals surface area contributed by atoms with E-state index in [-0.39, 0.29) is 17.3 Å². The van der Waals surface area contributed by atoms with Gasteiger partial charge in [-0.1, -0.05) is 6.42 Å². The zero-order chi connectivity index (χ0) is 22.1. The van der Waals surface area contributed by atoms with Crippen molar-refractivity contribution in [2.75, 3.05) is 20.8 Å². The Morgan fingerprint density at radius 3 is 2.74 bits per heavy atom. The average molecular weight is 424 g/mol. The van der Waals surface area contributed by atoms with Crippen molar-refractivity contribution in [1.29, 1.82) is 0 Å². The second kappa shape index (κ2) is 8.63. The number of piperidine rings is 1. The van der Waals surface area contributed by atoms with Crippen molar-refractivity contribution >= 4 is 11.9 Å². The van der Waals surface area contributed by atoms with E-state index < -0.39 is 0 Å². The third-order valence-corrected chi connectivity index (χ3v) is 6.25. The molecule has 2 aliphatic rings. The summed E-state index contributed by atoms with van der Waals surface area (Å²) in [7, 11) is 3.16. The molecule has 0 saturated carbocycles. The molecule has 1 saturated heterocycles. The summed E-state index contributed by atoms with van der Waals surface area (Å²) in [6.45, 7) is 5.56. The largest absolute Gasteiger partial charge is 0.507 e. The van der Waals surface area contributed by atoms with E-state index >= 15 is 0 Å². The van der Waals surface area contributed by atoms with Crippen LogP contribution in [0.2, 0.25) is 0 Å². The van der Waals surface area contributed by atoms with Crippen LogP contribution in [0, 0.1) is 6.92 Å². The van der Waals surface area contributed by atoms with Gasteiger partial charge >= 0.3 is 0 Å². The fraction of sp³-hybridized carbons (Fsp3) is 0.400. The first-order valence-electron chi connectivity index (χ1n) is 10.7. The number of benzene rings is 2. The van der Waals surface area contributed by atoms with E-state index in [1.54, 1.807) is 32.4 Å². The van der Waals surface area contributed by atoms with Gasteiger partial charge in [0.1, 0.15) is 23.0 Å². The van der Waals surface area contributed by atoms with Crippen molar-refractivity contribution in [1.82, 2.24) is 4.90 Å². The Bertz CT molecular complexity index is 1040. The molecule has 1 unspecified atom stereocenters. The normalized spacial score (nSPS) is 19.9. The number of carbonyl (C=O) groups is 1. The summed E-state index contributed by atoms with van der Waals surface area (Å²) < 4.78 is 16.8. The van der Waals surface area contributed by atoms with E-state index in [0.29, 0.717) is 52.1 Å². The lowest BCUT2D eigenvalue weighted by molar-refractivity contribution is 0.101. The molecule has 0 bridgehead atoms. The number of phenols is 1. The molecule has 2 heterocycles. The first-order valence-corrected chi connectivity index (χ1v) is 10.7. The van der Waals surface area contributed by atoms with Crippen LogP contribution >= 0.6 is 0 Å². The number of hydrogen-bond donors (Lipinski definition) is 1. The molecule has 1 atom stereocenters. The van der Waals surface area contributed by atoms with Gasteiger partial charge in [-0.25, -0.2) is 0 Å². The Morgan fingerprint density at radius 2 is 2.03 bits per heavy atom. The van der Waals surface area contributed by atoms with Gasteiger partial charge in [-0.2, -0.15) is 0 Å². The minimum atomic E-state index is -0.182. The summed E-state index contributed by atoms with van der Waals surface area (Å²) in [5, 5.41) is 10.7. The monoisotopic (exact) mass is 423 g/mol. The number of Topliss-reactive ketones (excluding diaryl/α,β-unsaturated/α-hetero) is 1. The SMILES string of the molecule is COc1ccc(/C=C2\Oc3c(CN4CCCCC4C)c(O)cc(C)c3C2=O)c(OC)c1. The maximum atomic E-state index is 13.2. The van der Waals surface area contributed by atoms with Gasteiger partial charge in [0, 0.05) is 24.2 Å². The van der Waals surface area contributed by atoms with E-state index in [9.17, 15) is 9.90 Å². The van der Waals surface area contributed by atoms with Crippen molar-refractivity contribution in [3.05, 3.63) is 52.3 Å². The Morgan fingerprint density at radius 1 is 1.23 bits per heavy atom. The van der Waals surface area contributed by atoms with Gasteiger partial charge in [0.05, 0.1) is 25.3 Å². The predicted octanol–water partition coefficient (Wildman–Crippen LogP) is 4.71. The number of likely N-dealkylation sites (tertiary alicyclic amines) is 1. The number of rotatable bonds is 5. The quantitative estimate of drug-likeness (QED) is 0.703. The highest BCUT2D eigenvalue weighted by Crippen LogP contribution is 2.43. The number of ketones is 1. The molecule has 0 amide bonds. The second-order valence-corrected chi connectivity index (χ2v) is 8.26. The lowest BCUT2D eigenvalue weighted by atomic mass is 9.97. The fourth-order valence-electron chi connectivity index (χ4n) is 4.41. The molecule has 1 fully saturated rings. The van der Waals surface area contributed by atoms with Gasteiger partial charge in [0.15, 0.2) is 5.76 Å². The Labute approximate surface area is 183 Å². The summed E-state index contributed by atoms with van der Waals surface area (Å²) in [5.74, 6) is 1.93. The van der Waals surface area contributed by atoms with Crippen LogP contribution in [0.4, 0.5) is 0 Å². The van der Waals surface area contributed by atoms with Crippen LogP contribution < -0.4 is 14.2 Å². The van der Waals surface area contributed by atoms with E-state index in [1.807, 2.05) is 19.1 Å². The summed E-state index contributed by atoms with van der Waals surface area (Å²) >= 11 is 0. The summed E-state index contributed by atoms with van der Waals surface area (Å²) in [6, 6.07) is 7.49. The van der Waals surface area contributed by atoms with Gasteiger partial charge in [0.25, 0.3) is 0 Å². The zero-order valence-corrected chi connectivity index (χ0v) is 18.5. The first-order chi connectivity index (χ1) is 14.9. The number of methoxy groups -OCH3 is 2. The Hall–Kier alpha value is -2.99. The third-order valence-electron chi connectivity index (χ3n) is 6.25. The average Bonchev–Trinajstić information content (AvgIpc) is 3.09. The number of fused-ring (bicyclic) bond motifs is 1. The highest BCUT2D eigenvalue weighted by Gasteiger charge is 2.34. The number of nitrogens with zero attached hydrogens (tertiary/aromatic N) is 1. The van der Waals surface area contributed by atoms with Crippen molar-refractivity contribution in [3.63, 3.8) is 0 Å². The van der Waals surface area contributed by atoms with Gasteiger partial charge in [-0.3, -0.25) is 9.69 Å². The number of carbonyl (C=O) groups excluding carboxylic acids is 1. The zero-order valence-electron chi connectivity index (χ0n) is 18.5. The minimum absolute atomic E-state index is 0.171. The number of hydrogen-bond acceptors (Lipinski definition) is 6. The first kappa shape index (κ1) is 21.2. The molecule has 1 N–H and O–H groups in total. The van der Waals surface area contributed by atoms with Gasteiger partial charge < -0.3 is 19.3 Å². The lowest BCUT2D eigenvalue weighted by Crippen LogP contribution is -2.36. The molecular weight excluding hydrogens is 394 g/mol. The molecular formula is C25H29NO5. The molecule has 2 aliphatic heterocycles. The van der Waals surface area contributed by atoms with Crippen molar-refractivity contribution in [3.8, 4) is 23.0 Å². The van der Waals surface area contributed by atoms with E-state index in [4.69, 9.17) is 14.2 Å². The Kier molecular flexibility index (Phi) is 5.92. The van der Waals surface area contributed by atoms with E-state index in [1.165, 1.54) is 6.42 Å². The molecule has 0 spiro atoms. The van der Waals surface area contributed by atoms with Crippen molar-refractivity contribution < 1.29 is 24.1 Å². The standard InChI is InChI=1S/C25H29NO5/c1-15-11-20(27)19(14-26-10-6-5-7-16(26)2)25-23(15)24(28)22(31-25)12-17-8-9-18(29-3)13-21(17)30-4/h8-9,11-13,16,27H,5-7,10,14H2,1-4H3/b22-12-. The predicted molar refractivity (Wildman–Crippen MR) is 119 cm³/mol. The number of aryl methyl sites for hydroxylation is 1. The lowest BCUT2D eigenvalue weighted by Gasteiger charge is -2.33. The molecule has 6 heteroatoms. The van der Waals surface area contributed by atoms with E-state index in [0.717, 1.165) is 19.4 Å². The van der Waals surface area contributed by atoms with Crippen LogP contribution in [-0.2, 0) is 6.54 Å². The number of allylic oxidation sites excluding steroid dienone is 1. The van der Waals surface area contributed by atoms with Crippen molar-refractivity contribution in [2.45, 2.75) is 45.7 Å². The maximum Gasteiger partial charge on any atom is 0.232 e. The number of phenolic OH excluding ortho intramolecular Hbond substituents is 1. The van der Waals surface area contributed by atoms with Crippen LogP contribution in [0.5, 0.6) is 23.0 Å². The molecule has 4 rings (SSSR count). The summed E-state index contributed by atoms with van der Waals surface area (Å²) in [4.78, 5) is 15.6. The topological polar surface area (TPSA) is 68.2 Å².